The first-order valence-electron chi connectivity index (χ1n) is 8.14. The molecule has 124 valence electrons. The van der Waals surface area contributed by atoms with Gasteiger partial charge in [-0.15, -0.1) is 0 Å². The zero-order valence-electron chi connectivity index (χ0n) is 13.7. The van der Waals surface area contributed by atoms with E-state index in [2.05, 4.69) is 30.3 Å². The number of aliphatic hydroxyl groups excluding tert-OH is 1. The SMILES string of the molecule is CC1(C)C[C@@H](O)C(OCc2ccc3ccccc3c2)C(CN)O1. The lowest BCUT2D eigenvalue weighted by Gasteiger charge is -2.43. The fourth-order valence-electron chi connectivity index (χ4n) is 3.31. The summed E-state index contributed by atoms with van der Waals surface area (Å²) in [7, 11) is 0. The molecule has 0 spiro atoms. The molecule has 0 bridgehead atoms. The third-order valence-electron chi connectivity index (χ3n) is 4.41. The van der Waals surface area contributed by atoms with E-state index in [-0.39, 0.29) is 17.8 Å². The highest BCUT2D eigenvalue weighted by Gasteiger charge is 2.41. The average molecular weight is 315 g/mol. The highest BCUT2D eigenvalue weighted by molar-refractivity contribution is 5.82. The predicted molar refractivity (Wildman–Crippen MR) is 91.2 cm³/mol. The maximum Gasteiger partial charge on any atom is 0.111 e. The van der Waals surface area contributed by atoms with Crippen LogP contribution in [0.2, 0.25) is 0 Å². The molecule has 0 amide bonds. The lowest BCUT2D eigenvalue weighted by molar-refractivity contribution is -0.216. The van der Waals surface area contributed by atoms with Crippen molar-refractivity contribution in [2.24, 2.45) is 5.73 Å². The van der Waals surface area contributed by atoms with Gasteiger partial charge in [0.15, 0.2) is 0 Å². The third-order valence-corrected chi connectivity index (χ3v) is 4.41. The van der Waals surface area contributed by atoms with Gasteiger partial charge >= 0.3 is 0 Å². The van der Waals surface area contributed by atoms with Crippen LogP contribution in [0, 0.1) is 0 Å². The summed E-state index contributed by atoms with van der Waals surface area (Å²) in [6, 6.07) is 14.5. The summed E-state index contributed by atoms with van der Waals surface area (Å²) in [5.41, 5.74) is 6.52. The second-order valence-electron chi connectivity index (χ2n) is 6.88. The quantitative estimate of drug-likeness (QED) is 0.910. The molecule has 2 aromatic rings. The summed E-state index contributed by atoms with van der Waals surface area (Å²) in [5.74, 6) is 0. The Kier molecular flexibility index (Phi) is 4.69. The van der Waals surface area contributed by atoms with Crippen molar-refractivity contribution in [3.8, 4) is 0 Å². The molecular formula is C19H25NO3. The number of fused-ring (bicyclic) bond motifs is 1. The average Bonchev–Trinajstić information content (AvgIpc) is 2.52. The van der Waals surface area contributed by atoms with Gasteiger partial charge in [0, 0.05) is 13.0 Å². The van der Waals surface area contributed by atoms with Gasteiger partial charge in [-0.25, -0.2) is 0 Å². The minimum atomic E-state index is -0.562. The fourth-order valence-corrected chi connectivity index (χ4v) is 3.31. The van der Waals surface area contributed by atoms with E-state index in [0.717, 1.165) is 5.56 Å². The second kappa shape index (κ2) is 6.57. The number of rotatable bonds is 4. The molecule has 3 rings (SSSR count). The van der Waals surface area contributed by atoms with E-state index in [0.29, 0.717) is 19.6 Å². The summed E-state index contributed by atoms with van der Waals surface area (Å²) >= 11 is 0. The van der Waals surface area contributed by atoms with Crippen molar-refractivity contribution in [2.75, 3.05) is 6.54 Å². The van der Waals surface area contributed by atoms with Crippen LogP contribution in [0.15, 0.2) is 42.5 Å². The highest BCUT2D eigenvalue weighted by Crippen LogP contribution is 2.30. The third kappa shape index (κ3) is 3.72. The van der Waals surface area contributed by atoms with Crippen LogP contribution in [0.3, 0.4) is 0 Å². The van der Waals surface area contributed by atoms with Gasteiger partial charge in [0.2, 0.25) is 0 Å². The zero-order valence-corrected chi connectivity index (χ0v) is 13.7. The monoisotopic (exact) mass is 315 g/mol. The number of aliphatic hydroxyl groups is 1. The molecule has 3 atom stereocenters. The summed E-state index contributed by atoms with van der Waals surface area (Å²) < 4.78 is 11.9. The molecular weight excluding hydrogens is 290 g/mol. The van der Waals surface area contributed by atoms with Gasteiger partial charge in [-0.05, 0) is 36.2 Å². The molecule has 0 saturated carbocycles. The van der Waals surface area contributed by atoms with E-state index < -0.39 is 6.10 Å². The van der Waals surface area contributed by atoms with Gasteiger partial charge in [-0.1, -0.05) is 36.4 Å². The molecule has 2 unspecified atom stereocenters. The van der Waals surface area contributed by atoms with Crippen LogP contribution < -0.4 is 5.73 Å². The Morgan fingerprint density at radius 2 is 1.96 bits per heavy atom. The minimum Gasteiger partial charge on any atom is -0.390 e. The first-order chi connectivity index (χ1) is 11.0. The van der Waals surface area contributed by atoms with Crippen molar-refractivity contribution in [2.45, 2.75) is 50.8 Å². The van der Waals surface area contributed by atoms with Gasteiger partial charge in [0.1, 0.15) is 6.10 Å². The summed E-state index contributed by atoms with van der Waals surface area (Å²) in [5, 5.41) is 12.8. The van der Waals surface area contributed by atoms with Crippen LogP contribution in [0.4, 0.5) is 0 Å². The minimum absolute atomic E-state index is 0.283. The first kappa shape index (κ1) is 16.4. The Bertz CT molecular complexity index is 670. The molecule has 1 aliphatic rings. The molecule has 1 heterocycles. The fraction of sp³-hybridized carbons (Fsp3) is 0.474. The molecule has 0 aliphatic carbocycles. The highest BCUT2D eigenvalue weighted by atomic mass is 16.6. The molecule has 1 aliphatic heterocycles. The standard InChI is InChI=1S/C19H25NO3/c1-19(2)10-16(21)18(17(11-20)23-19)22-12-13-7-8-14-5-3-4-6-15(14)9-13/h3-9,16-18,21H,10-12,20H2,1-2H3/t16-,17?,18?/m1/s1. The maximum atomic E-state index is 10.4. The van der Waals surface area contributed by atoms with E-state index in [1.165, 1.54) is 10.8 Å². The van der Waals surface area contributed by atoms with Crippen molar-refractivity contribution in [3.63, 3.8) is 0 Å². The number of hydrogen-bond acceptors (Lipinski definition) is 4. The molecule has 4 heteroatoms. The Morgan fingerprint density at radius 3 is 2.70 bits per heavy atom. The first-order valence-corrected chi connectivity index (χ1v) is 8.14. The number of ether oxygens (including phenoxy) is 2. The van der Waals surface area contributed by atoms with Crippen LogP contribution in [0.5, 0.6) is 0 Å². The van der Waals surface area contributed by atoms with Crippen molar-refractivity contribution in [1.29, 1.82) is 0 Å². The van der Waals surface area contributed by atoms with Crippen LogP contribution in [-0.2, 0) is 16.1 Å². The molecule has 1 saturated heterocycles. The van der Waals surface area contributed by atoms with Crippen LogP contribution in [0.25, 0.3) is 10.8 Å². The van der Waals surface area contributed by atoms with Gasteiger partial charge < -0.3 is 20.3 Å². The lowest BCUT2D eigenvalue weighted by atomic mass is 9.90. The second-order valence-corrected chi connectivity index (χ2v) is 6.88. The zero-order chi connectivity index (χ0) is 16.4. The molecule has 23 heavy (non-hydrogen) atoms. The maximum absolute atomic E-state index is 10.4. The molecule has 4 nitrogen and oxygen atoms in total. The van der Waals surface area contributed by atoms with Crippen molar-refractivity contribution in [1.82, 2.24) is 0 Å². The van der Waals surface area contributed by atoms with Gasteiger partial charge in [-0.2, -0.15) is 0 Å². The van der Waals surface area contributed by atoms with Crippen molar-refractivity contribution in [3.05, 3.63) is 48.0 Å². The Hall–Kier alpha value is -1.46. The van der Waals surface area contributed by atoms with Gasteiger partial charge in [0.05, 0.1) is 24.4 Å². The van der Waals surface area contributed by atoms with Crippen LogP contribution in [-0.4, -0.2) is 35.6 Å². The lowest BCUT2D eigenvalue weighted by Crippen LogP contribution is -2.55. The summed E-state index contributed by atoms with van der Waals surface area (Å²) in [6.45, 7) is 4.71. The normalized spacial score (nSPS) is 27.2. The Balaban J connectivity index is 1.70. The number of benzene rings is 2. The van der Waals surface area contributed by atoms with E-state index in [1.807, 2.05) is 26.0 Å². The van der Waals surface area contributed by atoms with Gasteiger partial charge in [-0.3, -0.25) is 0 Å². The molecule has 0 aromatic heterocycles. The van der Waals surface area contributed by atoms with Crippen LogP contribution in [0.1, 0.15) is 25.8 Å². The molecule has 3 N–H and O–H groups in total. The topological polar surface area (TPSA) is 64.7 Å². The van der Waals surface area contributed by atoms with Gasteiger partial charge in [0.25, 0.3) is 0 Å². The largest absolute Gasteiger partial charge is 0.390 e. The molecule has 2 aromatic carbocycles. The number of nitrogens with two attached hydrogens (primary N) is 1. The van der Waals surface area contributed by atoms with Crippen molar-refractivity contribution < 1.29 is 14.6 Å². The summed E-state index contributed by atoms with van der Waals surface area (Å²) in [6.07, 6.45) is -0.687. The molecule has 0 radical (unpaired) electrons. The Labute approximate surface area is 137 Å². The van der Waals surface area contributed by atoms with E-state index in [4.69, 9.17) is 15.2 Å². The van der Waals surface area contributed by atoms with Crippen LogP contribution >= 0.6 is 0 Å². The number of hydrogen-bond donors (Lipinski definition) is 2. The molecule has 1 fully saturated rings. The van der Waals surface area contributed by atoms with E-state index in [9.17, 15) is 5.11 Å². The Morgan fingerprint density at radius 1 is 1.22 bits per heavy atom. The smallest absolute Gasteiger partial charge is 0.111 e. The van der Waals surface area contributed by atoms with Crippen molar-refractivity contribution >= 4 is 10.8 Å². The predicted octanol–water partition coefficient (Wildman–Crippen LogP) is 2.61. The van der Waals surface area contributed by atoms with E-state index >= 15 is 0 Å². The summed E-state index contributed by atoms with van der Waals surface area (Å²) in [4.78, 5) is 0. The van der Waals surface area contributed by atoms with E-state index in [1.54, 1.807) is 0 Å².